The molecule has 0 saturated carbocycles. The van der Waals surface area contributed by atoms with Crippen LogP contribution in [-0.2, 0) is 0 Å². The number of hydrogen-bond donors (Lipinski definition) is 1. The van der Waals surface area contributed by atoms with Crippen LogP contribution < -0.4 is 5.43 Å². The maximum atomic E-state index is 8.86. The highest BCUT2D eigenvalue weighted by molar-refractivity contribution is 6.04. The average molecular weight is 198 g/mol. The Balaban J connectivity index is 2.31. The van der Waals surface area contributed by atoms with E-state index in [1.165, 1.54) is 0 Å². The van der Waals surface area contributed by atoms with Crippen LogP contribution in [0.15, 0.2) is 40.4 Å². The predicted octanol–water partition coefficient (Wildman–Crippen LogP) is 1.30. The molecule has 1 atom stereocenters. The maximum Gasteiger partial charge on any atom is 0.178 e. The van der Waals surface area contributed by atoms with Gasteiger partial charge in [-0.25, -0.2) is 4.99 Å². The lowest BCUT2D eigenvalue weighted by Crippen LogP contribution is -2.31. The van der Waals surface area contributed by atoms with Crippen molar-refractivity contribution in [3.63, 3.8) is 0 Å². The van der Waals surface area contributed by atoms with Gasteiger partial charge >= 0.3 is 0 Å². The van der Waals surface area contributed by atoms with Crippen LogP contribution in [0.5, 0.6) is 0 Å². The largest absolute Gasteiger partial charge is 0.261 e. The summed E-state index contributed by atoms with van der Waals surface area (Å²) in [5, 5.41) is 12.9. The molecule has 1 aliphatic heterocycles. The van der Waals surface area contributed by atoms with Crippen LogP contribution in [-0.4, -0.2) is 17.6 Å². The smallest absolute Gasteiger partial charge is 0.178 e. The van der Waals surface area contributed by atoms with Gasteiger partial charge in [0.15, 0.2) is 11.9 Å². The highest BCUT2D eigenvalue weighted by atomic mass is 15.3. The van der Waals surface area contributed by atoms with Crippen LogP contribution in [0, 0.1) is 11.3 Å². The number of aliphatic imine (C=N–C) groups is 1. The SMILES string of the molecule is CC1=NNC(c2ccccc2)=NC1C#N. The molecule has 0 amide bonds. The number of amidine groups is 1. The quantitative estimate of drug-likeness (QED) is 0.739. The topological polar surface area (TPSA) is 60.5 Å². The van der Waals surface area contributed by atoms with Crippen molar-refractivity contribution in [2.45, 2.75) is 13.0 Å². The van der Waals surface area contributed by atoms with Crippen LogP contribution in [0.25, 0.3) is 0 Å². The fraction of sp³-hybridized carbons (Fsp3) is 0.182. The summed E-state index contributed by atoms with van der Waals surface area (Å²) in [5.41, 5.74) is 4.47. The zero-order valence-corrected chi connectivity index (χ0v) is 8.31. The molecule has 1 N–H and O–H groups in total. The third-order valence-corrected chi connectivity index (χ3v) is 2.16. The lowest BCUT2D eigenvalue weighted by molar-refractivity contribution is 0.914. The molecule has 4 heteroatoms. The predicted molar refractivity (Wildman–Crippen MR) is 58.6 cm³/mol. The van der Waals surface area contributed by atoms with Gasteiger partial charge in [-0.2, -0.15) is 10.4 Å². The second-order valence-electron chi connectivity index (χ2n) is 3.24. The lowest BCUT2D eigenvalue weighted by atomic mass is 10.1. The first kappa shape index (κ1) is 9.41. The molecular weight excluding hydrogens is 188 g/mol. The normalized spacial score (nSPS) is 19.6. The average Bonchev–Trinajstić information content (AvgIpc) is 2.31. The monoisotopic (exact) mass is 198 g/mol. The van der Waals surface area contributed by atoms with Gasteiger partial charge in [0.05, 0.1) is 11.8 Å². The van der Waals surface area contributed by atoms with Crippen molar-refractivity contribution >= 4 is 11.5 Å². The van der Waals surface area contributed by atoms with Gasteiger partial charge < -0.3 is 0 Å². The molecule has 74 valence electrons. The maximum absolute atomic E-state index is 8.86. The zero-order chi connectivity index (χ0) is 10.7. The van der Waals surface area contributed by atoms with E-state index in [-0.39, 0.29) is 0 Å². The summed E-state index contributed by atoms with van der Waals surface area (Å²) in [4.78, 5) is 4.27. The molecule has 1 heterocycles. The van der Waals surface area contributed by atoms with Gasteiger partial charge in [0.25, 0.3) is 0 Å². The Bertz CT molecular complexity index is 453. The fourth-order valence-corrected chi connectivity index (χ4v) is 1.31. The molecule has 15 heavy (non-hydrogen) atoms. The molecular formula is C11H10N4. The van der Waals surface area contributed by atoms with Crippen molar-refractivity contribution in [2.24, 2.45) is 10.1 Å². The van der Waals surface area contributed by atoms with Crippen molar-refractivity contribution in [2.75, 3.05) is 0 Å². The van der Waals surface area contributed by atoms with Gasteiger partial charge in [-0.3, -0.25) is 5.43 Å². The number of hydrogen-bond acceptors (Lipinski definition) is 4. The van der Waals surface area contributed by atoms with Crippen molar-refractivity contribution in [3.8, 4) is 6.07 Å². The van der Waals surface area contributed by atoms with E-state index in [2.05, 4.69) is 21.6 Å². The Kier molecular flexibility index (Phi) is 2.46. The van der Waals surface area contributed by atoms with Gasteiger partial charge in [-0.1, -0.05) is 30.3 Å². The second-order valence-corrected chi connectivity index (χ2v) is 3.24. The molecule has 0 bridgehead atoms. The lowest BCUT2D eigenvalue weighted by Gasteiger charge is -2.14. The van der Waals surface area contributed by atoms with E-state index in [1.54, 1.807) is 6.92 Å². The summed E-state index contributed by atoms with van der Waals surface area (Å²) in [7, 11) is 0. The van der Waals surface area contributed by atoms with Gasteiger partial charge in [-0.15, -0.1) is 0 Å². The number of nitrogens with one attached hydrogen (secondary N) is 1. The molecule has 0 spiro atoms. The van der Waals surface area contributed by atoms with E-state index in [0.717, 1.165) is 5.56 Å². The Morgan fingerprint density at radius 3 is 2.73 bits per heavy atom. The number of benzene rings is 1. The zero-order valence-electron chi connectivity index (χ0n) is 8.31. The molecule has 0 saturated heterocycles. The van der Waals surface area contributed by atoms with Gasteiger partial charge in [0.2, 0.25) is 0 Å². The number of rotatable bonds is 1. The molecule has 4 nitrogen and oxygen atoms in total. The molecule has 1 unspecified atom stereocenters. The number of nitriles is 1. The van der Waals surface area contributed by atoms with Crippen molar-refractivity contribution in [1.29, 1.82) is 5.26 Å². The summed E-state index contributed by atoms with van der Waals surface area (Å²) in [6.45, 7) is 1.78. The van der Waals surface area contributed by atoms with Crippen molar-refractivity contribution in [1.82, 2.24) is 5.43 Å². The molecule has 0 fully saturated rings. The molecule has 1 aromatic carbocycles. The minimum atomic E-state index is -0.471. The summed E-state index contributed by atoms with van der Waals surface area (Å²) < 4.78 is 0. The highest BCUT2D eigenvalue weighted by Crippen LogP contribution is 2.06. The van der Waals surface area contributed by atoms with E-state index in [9.17, 15) is 0 Å². The van der Waals surface area contributed by atoms with E-state index in [4.69, 9.17) is 5.26 Å². The third kappa shape index (κ3) is 1.86. The van der Waals surface area contributed by atoms with Gasteiger partial charge in [-0.05, 0) is 6.92 Å². The Hall–Kier alpha value is -2.15. The van der Waals surface area contributed by atoms with E-state index in [0.29, 0.717) is 11.5 Å². The van der Waals surface area contributed by atoms with Gasteiger partial charge in [0, 0.05) is 5.56 Å². The van der Waals surface area contributed by atoms with Crippen LogP contribution in [0.2, 0.25) is 0 Å². The van der Waals surface area contributed by atoms with Gasteiger partial charge in [0.1, 0.15) is 0 Å². The van der Waals surface area contributed by atoms with E-state index >= 15 is 0 Å². The second kappa shape index (κ2) is 3.93. The third-order valence-electron chi connectivity index (χ3n) is 2.16. The van der Waals surface area contributed by atoms with E-state index < -0.39 is 6.04 Å². The molecule has 2 rings (SSSR count). The summed E-state index contributed by atoms with van der Waals surface area (Å²) in [6, 6.07) is 11.3. The summed E-state index contributed by atoms with van der Waals surface area (Å²) in [5.74, 6) is 0.646. The first-order valence-electron chi connectivity index (χ1n) is 4.64. The minimum Gasteiger partial charge on any atom is -0.261 e. The molecule has 1 aromatic rings. The molecule has 0 aliphatic carbocycles. The standard InChI is InChI=1S/C11H10N4/c1-8-10(7-12)13-11(15-14-8)9-5-3-2-4-6-9/h2-6,10H,1H3,(H,13,15). The molecule has 0 aromatic heterocycles. The molecule has 1 aliphatic rings. The fourth-order valence-electron chi connectivity index (χ4n) is 1.31. The van der Waals surface area contributed by atoms with Crippen molar-refractivity contribution < 1.29 is 0 Å². The van der Waals surface area contributed by atoms with Crippen LogP contribution in [0.1, 0.15) is 12.5 Å². The highest BCUT2D eigenvalue weighted by Gasteiger charge is 2.16. The summed E-state index contributed by atoms with van der Waals surface area (Å²) in [6.07, 6.45) is 0. The number of nitrogens with zero attached hydrogens (tertiary/aromatic N) is 3. The van der Waals surface area contributed by atoms with Crippen LogP contribution in [0.3, 0.4) is 0 Å². The molecule has 0 radical (unpaired) electrons. The summed E-state index contributed by atoms with van der Waals surface area (Å²) >= 11 is 0. The van der Waals surface area contributed by atoms with Crippen LogP contribution in [0.4, 0.5) is 0 Å². The van der Waals surface area contributed by atoms with E-state index in [1.807, 2.05) is 30.3 Å². The minimum absolute atomic E-state index is 0.471. The first-order chi connectivity index (χ1) is 7.31. The Morgan fingerprint density at radius 2 is 2.07 bits per heavy atom. The van der Waals surface area contributed by atoms with Crippen molar-refractivity contribution in [3.05, 3.63) is 35.9 Å². The first-order valence-corrected chi connectivity index (χ1v) is 4.64. The number of hydrazone groups is 1. The van der Waals surface area contributed by atoms with Crippen LogP contribution >= 0.6 is 0 Å². The Morgan fingerprint density at radius 1 is 1.33 bits per heavy atom. The Labute approximate surface area is 88.0 Å².